The Morgan fingerprint density at radius 3 is 2.43 bits per heavy atom. The Hall–Kier alpha value is -2.34. The van der Waals surface area contributed by atoms with Gasteiger partial charge in [0.05, 0.1) is 27.6 Å². The van der Waals surface area contributed by atoms with E-state index in [1.165, 1.54) is 27.8 Å². The molecule has 1 aromatic heterocycles. The molecule has 0 spiro atoms. The van der Waals surface area contributed by atoms with E-state index in [0.29, 0.717) is 42.3 Å². The van der Waals surface area contributed by atoms with Gasteiger partial charge in [-0.25, -0.2) is 8.42 Å². The average Bonchev–Trinajstić information content (AvgIpc) is 3.02. The summed E-state index contributed by atoms with van der Waals surface area (Å²) in [7, 11) is -3.54. The first-order valence-corrected chi connectivity index (χ1v) is 11.7. The standard InChI is InChI=1S/C19H24N4O5S2/c1-13-11-18(15(3)29-13)30(27,28)22-9-7-21(8-10-22)12-19(24)20-16-5-4-6-17(14(16)2)23(25)26/h4-6,11H,7-10,12H2,1-3H3,(H,20,24). The topological polar surface area (TPSA) is 113 Å². The Morgan fingerprint density at radius 2 is 1.87 bits per heavy atom. The number of carbonyl (C=O) groups is 1. The number of anilines is 1. The molecule has 0 atom stereocenters. The second-order valence-electron chi connectivity index (χ2n) is 7.21. The largest absolute Gasteiger partial charge is 0.324 e. The number of rotatable bonds is 6. The van der Waals surface area contributed by atoms with Crippen LogP contribution in [0.15, 0.2) is 29.2 Å². The lowest BCUT2D eigenvalue weighted by Gasteiger charge is -2.33. The van der Waals surface area contributed by atoms with Crippen LogP contribution in [0.25, 0.3) is 0 Å². The molecule has 1 amide bonds. The van der Waals surface area contributed by atoms with Crippen LogP contribution in [0.1, 0.15) is 15.3 Å². The molecule has 30 heavy (non-hydrogen) atoms. The molecule has 1 aliphatic heterocycles. The van der Waals surface area contributed by atoms with E-state index in [2.05, 4.69) is 5.32 Å². The average molecular weight is 453 g/mol. The predicted molar refractivity (Wildman–Crippen MR) is 115 cm³/mol. The molecule has 1 saturated heterocycles. The van der Waals surface area contributed by atoms with Gasteiger partial charge in [0, 0.05) is 42.0 Å². The van der Waals surface area contributed by atoms with Gasteiger partial charge < -0.3 is 5.32 Å². The maximum Gasteiger partial charge on any atom is 0.274 e. The minimum atomic E-state index is -3.54. The molecule has 11 heteroatoms. The van der Waals surface area contributed by atoms with Crippen molar-refractivity contribution in [1.82, 2.24) is 9.21 Å². The van der Waals surface area contributed by atoms with Gasteiger partial charge in [-0.3, -0.25) is 19.8 Å². The number of hydrogen-bond donors (Lipinski definition) is 1. The molecule has 3 rings (SSSR count). The zero-order valence-corrected chi connectivity index (χ0v) is 18.7. The number of thiophene rings is 1. The number of aryl methyl sites for hydroxylation is 2. The molecule has 1 fully saturated rings. The minimum Gasteiger partial charge on any atom is -0.324 e. The number of amides is 1. The number of nitrogens with one attached hydrogen (secondary N) is 1. The first-order chi connectivity index (χ1) is 14.1. The minimum absolute atomic E-state index is 0.0504. The van der Waals surface area contributed by atoms with Gasteiger partial charge in [0.25, 0.3) is 5.69 Å². The highest BCUT2D eigenvalue weighted by Crippen LogP contribution is 2.28. The lowest BCUT2D eigenvalue weighted by atomic mass is 10.1. The van der Waals surface area contributed by atoms with E-state index in [0.717, 1.165) is 9.75 Å². The Balaban J connectivity index is 1.59. The van der Waals surface area contributed by atoms with Crippen LogP contribution in [0.5, 0.6) is 0 Å². The van der Waals surface area contributed by atoms with E-state index in [4.69, 9.17) is 0 Å². The Labute approximate surface area is 179 Å². The second-order valence-corrected chi connectivity index (χ2v) is 10.6. The molecule has 2 heterocycles. The van der Waals surface area contributed by atoms with Crippen molar-refractivity contribution < 1.29 is 18.1 Å². The quantitative estimate of drug-likeness (QED) is 0.532. The fraction of sp³-hybridized carbons (Fsp3) is 0.421. The van der Waals surface area contributed by atoms with Gasteiger partial charge in [0.1, 0.15) is 0 Å². The summed E-state index contributed by atoms with van der Waals surface area (Å²) in [5.74, 6) is -0.292. The maximum atomic E-state index is 12.9. The van der Waals surface area contributed by atoms with Gasteiger partial charge in [0.2, 0.25) is 15.9 Å². The summed E-state index contributed by atoms with van der Waals surface area (Å²) in [6, 6.07) is 6.24. The Bertz CT molecular complexity index is 1070. The summed E-state index contributed by atoms with van der Waals surface area (Å²) in [6.45, 7) is 6.85. The molecule has 9 nitrogen and oxygen atoms in total. The summed E-state index contributed by atoms with van der Waals surface area (Å²) < 4.78 is 27.3. The van der Waals surface area contributed by atoms with Crippen molar-refractivity contribution in [1.29, 1.82) is 0 Å². The molecule has 0 saturated carbocycles. The summed E-state index contributed by atoms with van der Waals surface area (Å²) in [5.41, 5.74) is 0.748. The first kappa shape index (κ1) is 22.3. The van der Waals surface area contributed by atoms with Crippen molar-refractivity contribution in [2.75, 3.05) is 38.0 Å². The van der Waals surface area contributed by atoms with Crippen molar-refractivity contribution in [3.63, 3.8) is 0 Å². The Kier molecular flexibility index (Phi) is 6.56. The maximum absolute atomic E-state index is 12.9. The molecule has 0 radical (unpaired) electrons. The highest BCUT2D eigenvalue weighted by Gasteiger charge is 2.31. The van der Waals surface area contributed by atoms with Crippen LogP contribution in [-0.2, 0) is 14.8 Å². The van der Waals surface area contributed by atoms with Gasteiger partial charge in [-0.1, -0.05) is 6.07 Å². The van der Waals surface area contributed by atoms with Crippen LogP contribution >= 0.6 is 11.3 Å². The van der Waals surface area contributed by atoms with Gasteiger partial charge in [-0.15, -0.1) is 11.3 Å². The lowest BCUT2D eigenvalue weighted by Crippen LogP contribution is -2.50. The molecule has 0 aliphatic carbocycles. The van der Waals surface area contributed by atoms with Crippen LogP contribution in [0, 0.1) is 30.9 Å². The number of benzene rings is 1. The third-order valence-corrected chi connectivity index (χ3v) is 8.21. The van der Waals surface area contributed by atoms with E-state index in [-0.39, 0.29) is 18.1 Å². The molecule has 0 bridgehead atoms. The Morgan fingerprint density at radius 1 is 1.20 bits per heavy atom. The third kappa shape index (κ3) is 4.69. The van der Waals surface area contributed by atoms with Crippen LogP contribution in [0.3, 0.4) is 0 Å². The van der Waals surface area contributed by atoms with E-state index >= 15 is 0 Å². The fourth-order valence-corrected chi connectivity index (χ4v) is 6.43. The molecular formula is C19H24N4O5S2. The molecule has 162 valence electrons. The highest BCUT2D eigenvalue weighted by molar-refractivity contribution is 7.89. The number of hydrogen-bond acceptors (Lipinski definition) is 7. The van der Waals surface area contributed by atoms with Crippen molar-refractivity contribution >= 4 is 38.6 Å². The highest BCUT2D eigenvalue weighted by atomic mass is 32.2. The van der Waals surface area contributed by atoms with Crippen molar-refractivity contribution in [3.05, 3.63) is 49.7 Å². The fourth-order valence-electron chi connectivity index (χ4n) is 3.48. The molecule has 2 aromatic rings. The van der Waals surface area contributed by atoms with Crippen LogP contribution in [0.4, 0.5) is 11.4 Å². The lowest BCUT2D eigenvalue weighted by molar-refractivity contribution is -0.385. The molecular weight excluding hydrogens is 428 g/mol. The van der Waals surface area contributed by atoms with Crippen LogP contribution in [0.2, 0.25) is 0 Å². The SMILES string of the molecule is Cc1cc(S(=O)(=O)N2CCN(CC(=O)Nc3cccc([N+](=O)[O-])c3C)CC2)c(C)s1. The van der Waals surface area contributed by atoms with Gasteiger partial charge in [-0.2, -0.15) is 4.31 Å². The van der Waals surface area contributed by atoms with Crippen molar-refractivity contribution in [2.24, 2.45) is 0 Å². The second kappa shape index (κ2) is 8.80. The number of nitro benzene ring substituents is 1. The smallest absolute Gasteiger partial charge is 0.274 e. The molecule has 1 aliphatic rings. The summed E-state index contributed by atoms with van der Waals surface area (Å²) >= 11 is 1.46. The van der Waals surface area contributed by atoms with E-state index < -0.39 is 14.9 Å². The van der Waals surface area contributed by atoms with Crippen LogP contribution in [-0.4, -0.2) is 61.2 Å². The zero-order valence-electron chi connectivity index (χ0n) is 17.0. The first-order valence-electron chi connectivity index (χ1n) is 9.43. The molecule has 1 N–H and O–H groups in total. The van der Waals surface area contributed by atoms with Crippen molar-refractivity contribution in [3.8, 4) is 0 Å². The number of sulfonamides is 1. The van der Waals surface area contributed by atoms with E-state index in [1.54, 1.807) is 26.0 Å². The number of carbonyl (C=O) groups excluding carboxylic acids is 1. The third-order valence-electron chi connectivity index (χ3n) is 5.09. The number of nitro groups is 1. The van der Waals surface area contributed by atoms with E-state index in [1.807, 2.05) is 11.8 Å². The molecule has 1 aromatic carbocycles. The van der Waals surface area contributed by atoms with Crippen molar-refractivity contribution in [2.45, 2.75) is 25.7 Å². The number of nitrogens with zero attached hydrogens (tertiary/aromatic N) is 3. The van der Waals surface area contributed by atoms with Gasteiger partial charge in [0.15, 0.2) is 0 Å². The normalized spacial score (nSPS) is 15.8. The van der Waals surface area contributed by atoms with E-state index in [9.17, 15) is 23.3 Å². The monoisotopic (exact) mass is 452 g/mol. The summed E-state index contributed by atoms with van der Waals surface area (Å²) in [6.07, 6.45) is 0. The zero-order chi connectivity index (χ0) is 22.1. The molecule has 0 unspecified atom stereocenters. The van der Waals surface area contributed by atoms with Crippen LogP contribution < -0.4 is 5.32 Å². The number of piperazine rings is 1. The summed E-state index contributed by atoms with van der Waals surface area (Å²) in [5, 5.41) is 13.8. The summed E-state index contributed by atoms with van der Waals surface area (Å²) in [4.78, 5) is 26.9. The van der Waals surface area contributed by atoms with Gasteiger partial charge in [-0.05, 0) is 32.9 Å². The van der Waals surface area contributed by atoms with Gasteiger partial charge >= 0.3 is 0 Å². The predicted octanol–water partition coefficient (Wildman–Crippen LogP) is 2.53.